The lowest BCUT2D eigenvalue weighted by atomic mass is 10.2. The van der Waals surface area contributed by atoms with Crippen LogP contribution in [0.3, 0.4) is 0 Å². The van der Waals surface area contributed by atoms with Crippen LogP contribution in [0.15, 0.2) is 30.3 Å². The monoisotopic (exact) mass is 395 g/mol. The SMILES string of the molecule is Cl.O=C(COCCc1ccccc1)NCC(N1CCNCC1)C(F)(F)F. The number of rotatable bonds is 8. The highest BCUT2D eigenvalue weighted by atomic mass is 35.5. The number of nitrogens with zero attached hydrogens (tertiary/aromatic N) is 1. The Morgan fingerprint density at radius 2 is 1.88 bits per heavy atom. The molecule has 1 saturated heterocycles. The first kappa shape index (κ1) is 22.7. The number of nitrogens with one attached hydrogen (secondary N) is 2. The minimum Gasteiger partial charge on any atom is -0.371 e. The Morgan fingerprint density at radius 3 is 2.50 bits per heavy atom. The van der Waals surface area contributed by atoms with E-state index in [4.69, 9.17) is 4.74 Å². The zero-order valence-corrected chi connectivity index (χ0v) is 15.2. The predicted molar refractivity (Wildman–Crippen MR) is 95.5 cm³/mol. The van der Waals surface area contributed by atoms with Crippen LogP contribution in [0.4, 0.5) is 13.2 Å². The average Bonchev–Trinajstić information content (AvgIpc) is 2.59. The third-order valence-electron chi connectivity index (χ3n) is 4.07. The van der Waals surface area contributed by atoms with Crippen LogP contribution in [0.5, 0.6) is 0 Å². The van der Waals surface area contributed by atoms with Gasteiger partial charge in [-0.2, -0.15) is 13.2 Å². The van der Waals surface area contributed by atoms with Gasteiger partial charge in [-0.25, -0.2) is 0 Å². The Morgan fingerprint density at radius 1 is 1.23 bits per heavy atom. The Bertz CT molecular complexity index is 526. The largest absolute Gasteiger partial charge is 0.405 e. The van der Waals surface area contributed by atoms with Crippen LogP contribution in [-0.4, -0.2) is 69.0 Å². The molecular weight excluding hydrogens is 371 g/mol. The molecule has 0 aromatic heterocycles. The van der Waals surface area contributed by atoms with E-state index in [0.29, 0.717) is 39.2 Å². The van der Waals surface area contributed by atoms with Gasteiger partial charge in [0.15, 0.2) is 0 Å². The van der Waals surface area contributed by atoms with Gasteiger partial charge in [0.25, 0.3) is 0 Å². The average molecular weight is 396 g/mol. The third kappa shape index (κ3) is 7.90. The first-order chi connectivity index (χ1) is 12.0. The highest BCUT2D eigenvalue weighted by Gasteiger charge is 2.43. The van der Waals surface area contributed by atoms with E-state index >= 15 is 0 Å². The number of piperazine rings is 1. The summed E-state index contributed by atoms with van der Waals surface area (Å²) in [5.74, 6) is -0.530. The van der Waals surface area contributed by atoms with Gasteiger partial charge in [0.2, 0.25) is 5.91 Å². The molecule has 1 aliphatic heterocycles. The van der Waals surface area contributed by atoms with Crippen molar-refractivity contribution in [3.05, 3.63) is 35.9 Å². The third-order valence-corrected chi connectivity index (χ3v) is 4.07. The molecule has 1 aromatic rings. The number of halogens is 4. The fraction of sp³-hybridized carbons (Fsp3) is 0.588. The lowest BCUT2D eigenvalue weighted by Crippen LogP contribution is -2.57. The molecule has 1 fully saturated rings. The molecule has 1 heterocycles. The van der Waals surface area contributed by atoms with Crippen molar-refractivity contribution in [1.29, 1.82) is 0 Å². The fourth-order valence-electron chi connectivity index (χ4n) is 2.71. The number of alkyl halides is 3. The molecule has 1 atom stereocenters. The van der Waals surface area contributed by atoms with E-state index in [9.17, 15) is 18.0 Å². The van der Waals surface area contributed by atoms with Gasteiger partial charge in [0, 0.05) is 32.7 Å². The number of amides is 1. The van der Waals surface area contributed by atoms with Gasteiger partial charge in [-0.1, -0.05) is 30.3 Å². The van der Waals surface area contributed by atoms with Crippen molar-refractivity contribution >= 4 is 18.3 Å². The zero-order valence-electron chi connectivity index (χ0n) is 14.4. The van der Waals surface area contributed by atoms with Gasteiger partial charge in [-0.15, -0.1) is 12.4 Å². The Balaban J connectivity index is 0.00000338. The maximum Gasteiger partial charge on any atom is 0.405 e. The number of hydrogen-bond donors (Lipinski definition) is 2. The lowest BCUT2D eigenvalue weighted by molar-refractivity contribution is -0.184. The fourth-order valence-corrected chi connectivity index (χ4v) is 2.71. The molecule has 9 heteroatoms. The smallest absolute Gasteiger partial charge is 0.371 e. The van der Waals surface area contributed by atoms with E-state index in [-0.39, 0.29) is 19.0 Å². The minimum atomic E-state index is -4.38. The summed E-state index contributed by atoms with van der Waals surface area (Å²) in [5.41, 5.74) is 1.08. The van der Waals surface area contributed by atoms with Crippen molar-refractivity contribution in [2.45, 2.75) is 18.6 Å². The Labute approximate surface area is 157 Å². The van der Waals surface area contributed by atoms with Gasteiger partial charge in [0.1, 0.15) is 12.6 Å². The number of ether oxygens (including phenoxy) is 1. The van der Waals surface area contributed by atoms with Gasteiger partial charge < -0.3 is 15.4 Å². The Kier molecular flexibility index (Phi) is 9.93. The number of hydrogen-bond acceptors (Lipinski definition) is 4. The standard InChI is InChI=1S/C17H24F3N3O2.ClH/c18-17(19,20)15(23-9-7-21-8-10-23)12-22-16(24)13-25-11-6-14-4-2-1-3-5-14;/h1-5,15,21H,6-13H2,(H,22,24);1H. The highest BCUT2D eigenvalue weighted by molar-refractivity contribution is 5.85. The topological polar surface area (TPSA) is 53.6 Å². The maximum absolute atomic E-state index is 13.2. The molecule has 0 saturated carbocycles. The van der Waals surface area contributed by atoms with Crippen molar-refractivity contribution in [2.24, 2.45) is 0 Å². The second kappa shape index (κ2) is 11.4. The second-order valence-corrected chi connectivity index (χ2v) is 5.94. The molecule has 2 N–H and O–H groups in total. The predicted octanol–water partition coefficient (Wildman–Crippen LogP) is 1.62. The summed E-state index contributed by atoms with van der Waals surface area (Å²) >= 11 is 0. The van der Waals surface area contributed by atoms with E-state index in [2.05, 4.69) is 10.6 Å². The summed E-state index contributed by atoms with van der Waals surface area (Å²) < 4.78 is 44.9. The molecule has 26 heavy (non-hydrogen) atoms. The number of carbonyl (C=O) groups excluding carboxylic acids is 1. The van der Waals surface area contributed by atoms with E-state index in [0.717, 1.165) is 5.56 Å². The minimum absolute atomic E-state index is 0. The normalized spacial score (nSPS) is 16.6. The number of carbonyl (C=O) groups is 1. The molecular formula is C17H25ClF3N3O2. The Hall–Kier alpha value is -1.35. The summed E-state index contributed by atoms with van der Waals surface area (Å²) in [6.07, 6.45) is -3.72. The van der Waals surface area contributed by atoms with Crippen LogP contribution in [0.1, 0.15) is 5.56 Å². The van der Waals surface area contributed by atoms with E-state index < -0.39 is 24.7 Å². The van der Waals surface area contributed by atoms with Crippen LogP contribution in [0, 0.1) is 0 Å². The molecule has 1 aromatic carbocycles. The van der Waals surface area contributed by atoms with Crippen LogP contribution < -0.4 is 10.6 Å². The van der Waals surface area contributed by atoms with Crippen molar-refractivity contribution in [3.8, 4) is 0 Å². The number of benzene rings is 1. The van der Waals surface area contributed by atoms with Crippen molar-refractivity contribution in [3.63, 3.8) is 0 Å². The van der Waals surface area contributed by atoms with Crippen molar-refractivity contribution < 1.29 is 22.7 Å². The van der Waals surface area contributed by atoms with Gasteiger partial charge in [0.05, 0.1) is 6.61 Å². The van der Waals surface area contributed by atoms with Crippen LogP contribution >= 0.6 is 12.4 Å². The quantitative estimate of drug-likeness (QED) is 0.657. The molecule has 5 nitrogen and oxygen atoms in total. The van der Waals surface area contributed by atoms with Gasteiger partial charge >= 0.3 is 6.18 Å². The summed E-state index contributed by atoms with van der Waals surface area (Å²) in [6.45, 7) is 1.31. The summed E-state index contributed by atoms with van der Waals surface area (Å²) in [4.78, 5) is 13.1. The van der Waals surface area contributed by atoms with Crippen LogP contribution in [0.2, 0.25) is 0 Å². The molecule has 0 spiro atoms. The van der Waals surface area contributed by atoms with Gasteiger partial charge in [-0.05, 0) is 12.0 Å². The van der Waals surface area contributed by atoms with E-state index in [1.807, 2.05) is 30.3 Å². The molecule has 1 aliphatic rings. The van der Waals surface area contributed by atoms with Crippen molar-refractivity contribution in [2.75, 3.05) is 45.9 Å². The first-order valence-electron chi connectivity index (χ1n) is 8.36. The molecule has 148 valence electrons. The molecule has 0 aliphatic carbocycles. The zero-order chi connectivity index (χ0) is 18.1. The maximum atomic E-state index is 13.2. The molecule has 1 amide bonds. The molecule has 2 rings (SSSR count). The van der Waals surface area contributed by atoms with Gasteiger partial charge in [-0.3, -0.25) is 9.69 Å². The van der Waals surface area contributed by atoms with Crippen LogP contribution in [-0.2, 0) is 16.0 Å². The summed E-state index contributed by atoms with van der Waals surface area (Å²) in [6, 6.07) is 7.97. The first-order valence-corrected chi connectivity index (χ1v) is 8.36. The molecule has 1 unspecified atom stereocenters. The van der Waals surface area contributed by atoms with E-state index in [1.54, 1.807) is 0 Å². The van der Waals surface area contributed by atoms with E-state index in [1.165, 1.54) is 4.90 Å². The van der Waals surface area contributed by atoms with Crippen LogP contribution in [0.25, 0.3) is 0 Å². The molecule has 0 radical (unpaired) electrons. The second-order valence-electron chi connectivity index (χ2n) is 5.94. The summed E-state index contributed by atoms with van der Waals surface area (Å²) in [5, 5.41) is 5.36. The van der Waals surface area contributed by atoms with Crippen molar-refractivity contribution in [1.82, 2.24) is 15.5 Å². The highest BCUT2D eigenvalue weighted by Crippen LogP contribution is 2.24. The lowest BCUT2D eigenvalue weighted by Gasteiger charge is -2.35. The summed E-state index contributed by atoms with van der Waals surface area (Å²) in [7, 11) is 0. The molecule has 0 bridgehead atoms.